The first-order valence-corrected chi connectivity index (χ1v) is 7.59. The molecule has 0 aliphatic carbocycles. The van der Waals surface area contributed by atoms with Crippen LogP contribution in [0.25, 0.3) is 0 Å². The summed E-state index contributed by atoms with van der Waals surface area (Å²) in [5.74, 6) is 0.692. The summed E-state index contributed by atoms with van der Waals surface area (Å²) in [7, 11) is 1.60. The third-order valence-corrected chi connectivity index (χ3v) is 4.04. The summed E-state index contributed by atoms with van der Waals surface area (Å²) in [6.07, 6.45) is 5.49. The quantitative estimate of drug-likeness (QED) is 0.924. The van der Waals surface area contributed by atoms with E-state index < -0.39 is 0 Å². The van der Waals surface area contributed by atoms with Gasteiger partial charge in [0.2, 0.25) is 0 Å². The average Bonchev–Trinajstić information content (AvgIpc) is 3.11. The number of carbonyl (C=O) groups excluding carboxylic acids is 1. The Bertz CT molecular complexity index is 730. The van der Waals surface area contributed by atoms with Gasteiger partial charge < -0.3 is 10.2 Å². The second kappa shape index (κ2) is 6.48. The van der Waals surface area contributed by atoms with Crippen molar-refractivity contribution >= 4 is 11.7 Å². The molecule has 1 amide bonds. The van der Waals surface area contributed by atoms with Gasteiger partial charge in [-0.1, -0.05) is 0 Å². The van der Waals surface area contributed by atoms with Crippen LogP contribution in [0.15, 0.2) is 30.6 Å². The van der Waals surface area contributed by atoms with Gasteiger partial charge in [0.25, 0.3) is 5.91 Å². The highest BCUT2D eigenvalue weighted by Crippen LogP contribution is 2.24. The summed E-state index contributed by atoms with van der Waals surface area (Å²) >= 11 is 0. The molecule has 0 saturated carbocycles. The fourth-order valence-electron chi connectivity index (χ4n) is 2.81. The van der Waals surface area contributed by atoms with E-state index in [1.54, 1.807) is 25.4 Å². The first-order chi connectivity index (χ1) is 11.2. The summed E-state index contributed by atoms with van der Waals surface area (Å²) in [5.41, 5.74) is 0.991. The van der Waals surface area contributed by atoms with Gasteiger partial charge >= 0.3 is 0 Å². The molecule has 2 aromatic heterocycles. The highest BCUT2D eigenvalue weighted by atomic mass is 16.1. The molecule has 3 rings (SSSR count). The Balaban J connectivity index is 1.74. The van der Waals surface area contributed by atoms with Crippen LogP contribution >= 0.6 is 0 Å². The highest BCUT2D eigenvalue weighted by molar-refractivity contribution is 5.91. The molecular formula is C16H18N6O. The van der Waals surface area contributed by atoms with Crippen molar-refractivity contribution in [2.24, 2.45) is 0 Å². The molecule has 1 atom stereocenters. The minimum absolute atomic E-state index is 0.176. The Morgan fingerprint density at radius 1 is 1.43 bits per heavy atom. The standard InChI is InChI=1S/C16H18N6O/c1-18-16(23)14-6-8-22(20-14)13-3-2-7-21(11-13)15-5-4-12(9-17)10-19-15/h4-6,8,10,13H,2-3,7,11H2,1H3,(H,18,23)/t13-/m1/s1. The van der Waals surface area contributed by atoms with Gasteiger partial charge in [-0.3, -0.25) is 9.48 Å². The van der Waals surface area contributed by atoms with Crippen molar-refractivity contribution in [2.75, 3.05) is 25.0 Å². The topological polar surface area (TPSA) is 86.8 Å². The number of piperidine rings is 1. The number of pyridine rings is 1. The third-order valence-electron chi connectivity index (χ3n) is 4.04. The molecule has 0 bridgehead atoms. The molecule has 0 spiro atoms. The number of carbonyl (C=O) groups is 1. The average molecular weight is 310 g/mol. The van der Waals surface area contributed by atoms with Gasteiger partial charge in [-0.15, -0.1) is 0 Å². The van der Waals surface area contributed by atoms with Crippen molar-refractivity contribution in [1.29, 1.82) is 5.26 Å². The van der Waals surface area contributed by atoms with Gasteiger partial charge in [-0.25, -0.2) is 4.98 Å². The van der Waals surface area contributed by atoms with Crippen LogP contribution in [0, 0.1) is 11.3 Å². The predicted octanol–water partition coefficient (Wildman–Crippen LogP) is 1.35. The summed E-state index contributed by atoms with van der Waals surface area (Å²) in [4.78, 5) is 18.2. The van der Waals surface area contributed by atoms with E-state index >= 15 is 0 Å². The van der Waals surface area contributed by atoms with E-state index in [1.807, 2.05) is 16.9 Å². The van der Waals surface area contributed by atoms with Crippen molar-refractivity contribution in [2.45, 2.75) is 18.9 Å². The maximum absolute atomic E-state index is 11.6. The van der Waals surface area contributed by atoms with Crippen LogP contribution in [0.1, 0.15) is 34.9 Å². The van der Waals surface area contributed by atoms with Crippen LogP contribution in [-0.4, -0.2) is 40.8 Å². The van der Waals surface area contributed by atoms with E-state index in [-0.39, 0.29) is 11.9 Å². The van der Waals surface area contributed by atoms with E-state index in [2.05, 4.69) is 26.4 Å². The van der Waals surface area contributed by atoms with Crippen molar-refractivity contribution in [3.63, 3.8) is 0 Å². The number of nitriles is 1. The number of amides is 1. The van der Waals surface area contributed by atoms with Crippen LogP contribution in [0.3, 0.4) is 0 Å². The molecule has 118 valence electrons. The Labute approximate surface area is 134 Å². The minimum atomic E-state index is -0.176. The fourth-order valence-corrected chi connectivity index (χ4v) is 2.81. The van der Waals surface area contributed by atoms with E-state index in [0.29, 0.717) is 11.3 Å². The predicted molar refractivity (Wildman–Crippen MR) is 85.1 cm³/mol. The molecule has 1 N–H and O–H groups in total. The molecule has 1 aliphatic rings. The van der Waals surface area contributed by atoms with Gasteiger partial charge in [0, 0.05) is 32.5 Å². The number of aromatic nitrogens is 3. The SMILES string of the molecule is CNC(=O)c1ccn([C@@H]2CCCN(c3ccc(C#N)cn3)C2)n1. The van der Waals surface area contributed by atoms with Crippen molar-refractivity contribution in [1.82, 2.24) is 20.1 Å². The maximum Gasteiger partial charge on any atom is 0.271 e. The van der Waals surface area contributed by atoms with Gasteiger partial charge in [-0.05, 0) is 31.0 Å². The van der Waals surface area contributed by atoms with Crippen LogP contribution < -0.4 is 10.2 Å². The Morgan fingerprint density at radius 2 is 2.30 bits per heavy atom. The molecule has 0 aromatic carbocycles. The Hall–Kier alpha value is -2.88. The lowest BCUT2D eigenvalue weighted by atomic mass is 10.1. The zero-order chi connectivity index (χ0) is 16.2. The minimum Gasteiger partial charge on any atom is -0.354 e. The van der Waals surface area contributed by atoms with E-state index in [4.69, 9.17) is 5.26 Å². The van der Waals surface area contributed by atoms with Crippen molar-refractivity contribution < 1.29 is 4.79 Å². The van der Waals surface area contributed by atoms with Crippen LogP contribution in [0.5, 0.6) is 0 Å². The van der Waals surface area contributed by atoms with Crippen LogP contribution in [0.4, 0.5) is 5.82 Å². The molecular weight excluding hydrogens is 292 g/mol. The molecule has 2 aromatic rings. The molecule has 1 aliphatic heterocycles. The third kappa shape index (κ3) is 3.16. The normalized spacial score (nSPS) is 17.6. The lowest BCUT2D eigenvalue weighted by Crippen LogP contribution is -2.37. The van der Waals surface area contributed by atoms with Gasteiger partial charge in [0.1, 0.15) is 17.6 Å². The van der Waals surface area contributed by atoms with Gasteiger partial charge in [0.15, 0.2) is 0 Å². The number of rotatable bonds is 3. The zero-order valence-electron chi connectivity index (χ0n) is 12.9. The van der Waals surface area contributed by atoms with E-state index in [1.165, 1.54) is 0 Å². The Kier molecular flexibility index (Phi) is 4.24. The summed E-state index contributed by atoms with van der Waals surface area (Å²) in [6, 6.07) is 7.68. The van der Waals surface area contributed by atoms with E-state index in [9.17, 15) is 4.79 Å². The number of nitrogens with one attached hydrogen (secondary N) is 1. The number of hydrogen-bond acceptors (Lipinski definition) is 5. The van der Waals surface area contributed by atoms with Crippen molar-refractivity contribution in [3.8, 4) is 6.07 Å². The lowest BCUT2D eigenvalue weighted by molar-refractivity contribution is 0.0957. The van der Waals surface area contributed by atoms with Crippen LogP contribution in [0.2, 0.25) is 0 Å². The second-order valence-corrected chi connectivity index (χ2v) is 5.52. The van der Waals surface area contributed by atoms with Crippen LogP contribution in [-0.2, 0) is 0 Å². The molecule has 23 heavy (non-hydrogen) atoms. The first-order valence-electron chi connectivity index (χ1n) is 7.59. The lowest BCUT2D eigenvalue weighted by Gasteiger charge is -2.33. The summed E-state index contributed by atoms with van der Waals surface area (Å²) in [5, 5.41) is 15.8. The molecule has 1 saturated heterocycles. The number of hydrogen-bond donors (Lipinski definition) is 1. The number of nitrogens with zero attached hydrogens (tertiary/aromatic N) is 5. The smallest absolute Gasteiger partial charge is 0.271 e. The van der Waals surface area contributed by atoms with Crippen molar-refractivity contribution in [3.05, 3.63) is 41.9 Å². The molecule has 0 unspecified atom stereocenters. The van der Waals surface area contributed by atoms with Gasteiger partial charge in [0.05, 0.1) is 11.6 Å². The Morgan fingerprint density at radius 3 is 3.00 bits per heavy atom. The summed E-state index contributed by atoms with van der Waals surface area (Å²) < 4.78 is 1.86. The number of anilines is 1. The van der Waals surface area contributed by atoms with E-state index in [0.717, 1.165) is 31.7 Å². The zero-order valence-corrected chi connectivity index (χ0v) is 12.9. The second-order valence-electron chi connectivity index (χ2n) is 5.52. The maximum atomic E-state index is 11.6. The summed E-state index contributed by atoms with van der Waals surface area (Å²) in [6.45, 7) is 1.72. The first kappa shape index (κ1) is 15.0. The molecule has 1 fully saturated rings. The molecule has 7 heteroatoms. The molecule has 0 radical (unpaired) electrons. The molecule has 7 nitrogen and oxygen atoms in total. The fraction of sp³-hybridized carbons (Fsp3) is 0.375. The largest absolute Gasteiger partial charge is 0.354 e. The van der Waals surface area contributed by atoms with Gasteiger partial charge in [-0.2, -0.15) is 10.4 Å². The highest BCUT2D eigenvalue weighted by Gasteiger charge is 2.23. The monoisotopic (exact) mass is 310 g/mol. The molecule has 3 heterocycles.